The second-order valence-electron chi connectivity index (χ2n) is 6.76. The number of anilines is 2. The van der Waals surface area contributed by atoms with Crippen LogP contribution in [0.1, 0.15) is 38.2 Å². The summed E-state index contributed by atoms with van der Waals surface area (Å²) >= 11 is 0. The molecular formula is C20H29N5O2. The summed E-state index contributed by atoms with van der Waals surface area (Å²) < 4.78 is 10.6. The fraction of sp³-hybridized carbons (Fsp3) is 0.550. The quantitative estimate of drug-likeness (QED) is 0.763. The van der Waals surface area contributed by atoms with E-state index < -0.39 is 0 Å². The third-order valence-electron chi connectivity index (χ3n) is 5.07. The van der Waals surface area contributed by atoms with Crippen LogP contribution in [0.5, 0.6) is 11.5 Å². The molecule has 3 rings (SSSR count). The molecule has 0 amide bonds. The average molecular weight is 371 g/mol. The largest absolute Gasteiger partial charge is 0.493 e. The number of methoxy groups -OCH3 is 2. The van der Waals surface area contributed by atoms with Crippen molar-refractivity contribution in [3.63, 3.8) is 0 Å². The van der Waals surface area contributed by atoms with Gasteiger partial charge in [-0.05, 0) is 49.8 Å². The molecule has 0 bridgehead atoms. The lowest BCUT2D eigenvalue weighted by molar-refractivity contribution is 0.354. The number of rotatable bonds is 8. The van der Waals surface area contributed by atoms with Crippen molar-refractivity contribution in [3.8, 4) is 11.5 Å². The predicted octanol–water partition coefficient (Wildman–Crippen LogP) is 3.31. The van der Waals surface area contributed by atoms with Crippen molar-refractivity contribution in [3.05, 3.63) is 30.0 Å². The van der Waals surface area contributed by atoms with Gasteiger partial charge in [0.25, 0.3) is 0 Å². The maximum Gasteiger partial charge on any atom is 0.247 e. The van der Waals surface area contributed by atoms with E-state index in [1.807, 2.05) is 18.2 Å². The molecule has 1 aromatic heterocycles. The molecule has 0 spiro atoms. The minimum absolute atomic E-state index is 0.516. The van der Waals surface area contributed by atoms with Crippen molar-refractivity contribution in [1.29, 1.82) is 0 Å². The van der Waals surface area contributed by atoms with Gasteiger partial charge in [0.1, 0.15) is 0 Å². The molecule has 0 aliphatic carbocycles. The van der Waals surface area contributed by atoms with Gasteiger partial charge in [0.05, 0.1) is 20.4 Å². The fourth-order valence-electron chi connectivity index (χ4n) is 3.56. The highest BCUT2D eigenvalue weighted by atomic mass is 16.5. The van der Waals surface area contributed by atoms with E-state index in [0.29, 0.717) is 6.04 Å². The van der Waals surface area contributed by atoms with Crippen LogP contribution in [-0.4, -0.2) is 48.5 Å². The number of nitrogens with zero attached hydrogens (tertiary/aromatic N) is 4. The lowest BCUT2D eigenvalue weighted by Gasteiger charge is -2.34. The van der Waals surface area contributed by atoms with E-state index in [1.54, 1.807) is 20.4 Å². The van der Waals surface area contributed by atoms with Crippen LogP contribution >= 0.6 is 0 Å². The van der Waals surface area contributed by atoms with Crippen molar-refractivity contribution in [2.24, 2.45) is 0 Å². The SMILES string of the molecule is CCC1CCCCN1c1nncc(NCCc2ccc(OC)c(OC)c2)n1. The average Bonchev–Trinajstić information content (AvgIpc) is 2.73. The van der Waals surface area contributed by atoms with Crippen molar-refractivity contribution in [2.75, 3.05) is 37.5 Å². The summed E-state index contributed by atoms with van der Waals surface area (Å²) in [7, 11) is 3.29. The van der Waals surface area contributed by atoms with E-state index in [9.17, 15) is 0 Å². The van der Waals surface area contributed by atoms with Crippen molar-refractivity contribution in [2.45, 2.75) is 45.1 Å². The van der Waals surface area contributed by atoms with Gasteiger partial charge in [-0.15, -0.1) is 5.10 Å². The van der Waals surface area contributed by atoms with E-state index in [4.69, 9.17) is 9.47 Å². The second kappa shape index (κ2) is 9.39. The zero-order chi connectivity index (χ0) is 19.1. The van der Waals surface area contributed by atoms with Crippen LogP contribution in [0.4, 0.5) is 11.8 Å². The molecule has 2 aromatic rings. The first-order valence-electron chi connectivity index (χ1n) is 9.66. The summed E-state index contributed by atoms with van der Waals surface area (Å²) in [5.74, 6) is 2.99. The third kappa shape index (κ3) is 4.78. The number of ether oxygens (including phenoxy) is 2. The molecule has 7 nitrogen and oxygen atoms in total. The zero-order valence-corrected chi connectivity index (χ0v) is 16.4. The Balaban J connectivity index is 1.60. The summed E-state index contributed by atoms with van der Waals surface area (Å²) in [6, 6.07) is 6.50. The molecule has 2 heterocycles. The van der Waals surface area contributed by atoms with Gasteiger partial charge in [0, 0.05) is 19.1 Å². The van der Waals surface area contributed by atoms with Gasteiger partial charge in [-0.1, -0.05) is 13.0 Å². The molecule has 1 atom stereocenters. The van der Waals surface area contributed by atoms with Crippen molar-refractivity contribution >= 4 is 11.8 Å². The fourth-order valence-corrected chi connectivity index (χ4v) is 3.56. The molecular weight excluding hydrogens is 342 g/mol. The Labute approximate surface area is 161 Å². The summed E-state index contributed by atoms with van der Waals surface area (Å²) in [6.07, 6.45) is 7.32. The lowest BCUT2D eigenvalue weighted by atomic mass is 10.0. The van der Waals surface area contributed by atoms with Crippen LogP contribution in [0.25, 0.3) is 0 Å². The van der Waals surface area contributed by atoms with Crippen LogP contribution in [0, 0.1) is 0 Å². The van der Waals surface area contributed by atoms with Gasteiger partial charge in [0.2, 0.25) is 5.95 Å². The molecule has 1 aliphatic rings. The molecule has 1 N–H and O–H groups in total. The van der Waals surface area contributed by atoms with E-state index in [2.05, 4.69) is 32.3 Å². The van der Waals surface area contributed by atoms with E-state index in [-0.39, 0.29) is 0 Å². The molecule has 0 saturated carbocycles. The first-order chi connectivity index (χ1) is 13.2. The van der Waals surface area contributed by atoms with E-state index in [0.717, 1.165) is 49.2 Å². The van der Waals surface area contributed by atoms with Crippen LogP contribution in [-0.2, 0) is 6.42 Å². The van der Waals surface area contributed by atoms with Gasteiger partial charge >= 0.3 is 0 Å². The number of hydrogen-bond donors (Lipinski definition) is 1. The predicted molar refractivity (Wildman–Crippen MR) is 107 cm³/mol. The second-order valence-corrected chi connectivity index (χ2v) is 6.76. The Morgan fingerprint density at radius 1 is 1.19 bits per heavy atom. The highest BCUT2D eigenvalue weighted by molar-refractivity contribution is 5.44. The van der Waals surface area contributed by atoms with Crippen molar-refractivity contribution in [1.82, 2.24) is 15.2 Å². The minimum atomic E-state index is 0.516. The maximum absolute atomic E-state index is 5.36. The Hall–Kier alpha value is -2.57. The highest BCUT2D eigenvalue weighted by Crippen LogP contribution is 2.28. The molecule has 1 fully saturated rings. The third-order valence-corrected chi connectivity index (χ3v) is 5.07. The summed E-state index contributed by atoms with van der Waals surface area (Å²) in [6.45, 7) is 3.99. The number of benzene rings is 1. The summed E-state index contributed by atoms with van der Waals surface area (Å²) in [5.41, 5.74) is 1.17. The molecule has 0 radical (unpaired) electrons. The highest BCUT2D eigenvalue weighted by Gasteiger charge is 2.23. The maximum atomic E-state index is 5.36. The van der Waals surface area contributed by atoms with Crippen LogP contribution in [0.2, 0.25) is 0 Å². The first-order valence-corrected chi connectivity index (χ1v) is 9.66. The molecule has 27 heavy (non-hydrogen) atoms. The Morgan fingerprint density at radius 3 is 2.81 bits per heavy atom. The Bertz CT molecular complexity index is 740. The Kier molecular flexibility index (Phi) is 6.68. The number of nitrogens with one attached hydrogen (secondary N) is 1. The zero-order valence-electron chi connectivity index (χ0n) is 16.4. The molecule has 1 saturated heterocycles. The number of piperidine rings is 1. The van der Waals surface area contributed by atoms with Gasteiger partial charge in [-0.3, -0.25) is 0 Å². The normalized spacial score (nSPS) is 16.9. The Morgan fingerprint density at radius 2 is 2.04 bits per heavy atom. The van der Waals surface area contributed by atoms with E-state index in [1.165, 1.54) is 24.8 Å². The van der Waals surface area contributed by atoms with Gasteiger partial charge in [-0.2, -0.15) is 10.1 Å². The monoisotopic (exact) mass is 371 g/mol. The molecule has 146 valence electrons. The molecule has 1 aliphatic heterocycles. The lowest BCUT2D eigenvalue weighted by Crippen LogP contribution is -2.40. The first kappa shape index (κ1) is 19.2. The van der Waals surface area contributed by atoms with Gasteiger partial charge in [-0.25, -0.2) is 0 Å². The summed E-state index contributed by atoms with van der Waals surface area (Å²) in [5, 5.41) is 11.8. The van der Waals surface area contributed by atoms with Crippen LogP contribution in [0.15, 0.2) is 24.4 Å². The molecule has 1 aromatic carbocycles. The number of hydrogen-bond acceptors (Lipinski definition) is 7. The molecule has 1 unspecified atom stereocenters. The summed E-state index contributed by atoms with van der Waals surface area (Å²) in [4.78, 5) is 6.99. The van der Waals surface area contributed by atoms with Crippen LogP contribution < -0.4 is 19.7 Å². The number of aromatic nitrogens is 3. The van der Waals surface area contributed by atoms with Crippen molar-refractivity contribution < 1.29 is 9.47 Å². The van der Waals surface area contributed by atoms with Gasteiger partial charge in [0.15, 0.2) is 17.3 Å². The van der Waals surface area contributed by atoms with Gasteiger partial charge < -0.3 is 19.7 Å². The topological polar surface area (TPSA) is 72.4 Å². The minimum Gasteiger partial charge on any atom is -0.493 e. The standard InChI is InChI=1S/C20H29N5O2/c1-4-16-7-5-6-12-25(16)20-23-19(14-22-24-20)21-11-10-15-8-9-17(26-2)18(13-15)27-3/h8-9,13-14,16H,4-7,10-12H2,1-3H3,(H,21,23,24). The smallest absolute Gasteiger partial charge is 0.247 e. The van der Waals surface area contributed by atoms with E-state index >= 15 is 0 Å². The molecule has 7 heteroatoms. The van der Waals surface area contributed by atoms with Crippen LogP contribution in [0.3, 0.4) is 0 Å².